The highest BCUT2D eigenvalue weighted by Crippen LogP contribution is 2.31. The van der Waals surface area contributed by atoms with Crippen LogP contribution in [0.15, 0.2) is 42.5 Å². The average molecular weight is 428 g/mol. The summed E-state index contributed by atoms with van der Waals surface area (Å²) in [4.78, 5) is 26.9. The first-order valence-electron chi connectivity index (χ1n) is 10.3. The summed E-state index contributed by atoms with van der Waals surface area (Å²) in [5.41, 5.74) is 2.47. The minimum Gasteiger partial charge on any atom is -0.444 e. The zero-order valence-electron chi connectivity index (χ0n) is 18.4. The molecule has 1 amide bonds. The first kappa shape index (κ1) is 22.6. The summed E-state index contributed by atoms with van der Waals surface area (Å²) in [6, 6.07) is 12.7. The molecule has 31 heavy (non-hydrogen) atoms. The molecule has 0 radical (unpaired) electrons. The maximum Gasteiger partial charge on any atom is 0.410 e. The molecule has 8 heteroatoms. The van der Waals surface area contributed by atoms with Crippen molar-refractivity contribution in [2.24, 2.45) is 0 Å². The number of hydrogen-bond donors (Lipinski definition) is 1. The van der Waals surface area contributed by atoms with Crippen LogP contribution in [0.1, 0.15) is 39.4 Å². The Labute approximate surface area is 182 Å². The number of benzene rings is 2. The summed E-state index contributed by atoms with van der Waals surface area (Å²) >= 11 is 0. The van der Waals surface area contributed by atoms with Crippen LogP contribution in [0, 0.1) is 10.1 Å². The second-order valence-corrected chi connectivity index (χ2v) is 8.71. The van der Waals surface area contributed by atoms with E-state index in [-0.39, 0.29) is 11.8 Å². The summed E-state index contributed by atoms with van der Waals surface area (Å²) in [7, 11) is 0. The Morgan fingerprint density at radius 2 is 1.65 bits per heavy atom. The van der Waals surface area contributed by atoms with Crippen LogP contribution in [0.2, 0.25) is 0 Å². The highest BCUT2D eigenvalue weighted by Gasteiger charge is 2.26. The van der Waals surface area contributed by atoms with Gasteiger partial charge in [0.1, 0.15) is 5.60 Å². The molecule has 1 aliphatic rings. The molecule has 166 valence electrons. The van der Waals surface area contributed by atoms with E-state index >= 15 is 0 Å². The molecule has 0 saturated carbocycles. The predicted molar refractivity (Wildman–Crippen MR) is 119 cm³/mol. The number of aliphatic hydroxyl groups excluding tert-OH is 1. The molecule has 2 aromatic carbocycles. The van der Waals surface area contributed by atoms with Crippen LogP contribution in [0.25, 0.3) is 11.1 Å². The highest BCUT2D eigenvalue weighted by molar-refractivity contribution is 5.70. The third-order valence-electron chi connectivity index (χ3n) is 5.17. The number of hydrogen-bond acceptors (Lipinski definition) is 6. The quantitative estimate of drug-likeness (QED) is 0.575. The second-order valence-electron chi connectivity index (χ2n) is 8.71. The lowest BCUT2D eigenvalue weighted by Crippen LogP contribution is -2.50. The largest absolute Gasteiger partial charge is 0.444 e. The topological polar surface area (TPSA) is 96.2 Å². The first-order valence-corrected chi connectivity index (χ1v) is 10.3. The van der Waals surface area contributed by atoms with Crippen LogP contribution in [0.4, 0.5) is 16.2 Å². The lowest BCUT2D eigenvalue weighted by molar-refractivity contribution is -0.386. The SMILES string of the molecule is CC(O)c1cc(-c2ccc(N3CCN(C(=O)OC(C)(C)C)CC3)cc2)ccc1[N+](=O)[O-]. The number of aliphatic hydroxyl groups is 1. The van der Waals surface area contributed by atoms with Crippen molar-refractivity contribution < 1.29 is 19.6 Å². The molecule has 1 saturated heterocycles. The Morgan fingerprint density at radius 3 is 2.16 bits per heavy atom. The van der Waals surface area contributed by atoms with Crippen molar-refractivity contribution >= 4 is 17.5 Å². The van der Waals surface area contributed by atoms with E-state index in [1.807, 2.05) is 45.0 Å². The fourth-order valence-corrected chi connectivity index (χ4v) is 3.57. The summed E-state index contributed by atoms with van der Waals surface area (Å²) in [5.74, 6) is 0. The molecule has 1 fully saturated rings. The number of carbonyl (C=O) groups excluding carboxylic acids is 1. The Balaban J connectivity index is 1.68. The standard InChI is InChI=1S/C23H29N3O5/c1-16(27)20-15-18(7-10-21(20)26(29)30)17-5-8-19(9-6-17)24-11-13-25(14-12-24)22(28)31-23(2,3)4/h5-10,15-16,27H,11-14H2,1-4H3. The molecular formula is C23H29N3O5. The molecule has 8 nitrogen and oxygen atoms in total. The van der Waals surface area contributed by atoms with E-state index in [1.165, 1.54) is 13.0 Å². The maximum atomic E-state index is 12.2. The van der Waals surface area contributed by atoms with Crippen LogP contribution in [0.3, 0.4) is 0 Å². The number of nitrogens with zero attached hydrogens (tertiary/aromatic N) is 3. The number of nitro groups is 1. The predicted octanol–water partition coefficient (Wildman–Crippen LogP) is 4.37. The maximum absolute atomic E-state index is 12.2. The molecule has 1 atom stereocenters. The fourth-order valence-electron chi connectivity index (χ4n) is 3.57. The summed E-state index contributed by atoms with van der Waals surface area (Å²) in [6.07, 6.45) is -1.21. The van der Waals surface area contributed by atoms with E-state index in [2.05, 4.69) is 4.90 Å². The van der Waals surface area contributed by atoms with Gasteiger partial charge in [0, 0.05) is 37.9 Å². The molecule has 0 bridgehead atoms. The molecule has 1 heterocycles. The molecule has 1 N–H and O–H groups in total. The van der Waals surface area contributed by atoms with Crippen LogP contribution >= 0.6 is 0 Å². The lowest BCUT2D eigenvalue weighted by Gasteiger charge is -2.36. The van der Waals surface area contributed by atoms with E-state index in [0.29, 0.717) is 31.7 Å². The van der Waals surface area contributed by atoms with Gasteiger partial charge in [0.15, 0.2) is 0 Å². The van der Waals surface area contributed by atoms with Gasteiger partial charge in [-0.2, -0.15) is 0 Å². The fraction of sp³-hybridized carbons (Fsp3) is 0.435. The van der Waals surface area contributed by atoms with E-state index < -0.39 is 16.6 Å². The van der Waals surface area contributed by atoms with Crippen molar-refractivity contribution in [3.05, 3.63) is 58.1 Å². The second kappa shape index (κ2) is 8.93. The number of anilines is 1. The summed E-state index contributed by atoms with van der Waals surface area (Å²) < 4.78 is 5.44. The summed E-state index contributed by atoms with van der Waals surface area (Å²) in [5, 5.41) is 21.1. The Morgan fingerprint density at radius 1 is 1.06 bits per heavy atom. The highest BCUT2D eigenvalue weighted by atomic mass is 16.6. The molecule has 2 aromatic rings. The van der Waals surface area contributed by atoms with Crippen LogP contribution in [-0.4, -0.2) is 52.8 Å². The number of piperazine rings is 1. The van der Waals surface area contributed by atoms with Crippen LogP contribution in [-0.2, 0) is 4.74 Å². The van der Waals surface area contributed by atoms with Gasteiger partial charge in [-0.15, -0.1) is 0 Å². The Bertz CT molecular complexity index is 943. The van der Waals surface area contributed by atoms with Crippen LogP contribution in [0.5, 0.6) is 0 Å². The van der Waals surface area contributed by atoms with Crippen molar-refractivity contribution in [3.63, 3.8) is 0 Å². The van der Waals surface area contributed by atoms with E-state index in [9.17, 15) is 20.0 Å². The molecule has 0 spiro atoms. The van der Waals surface area contributed by atoms with Gasteiger partial charge in [0.05, 0.1) is 16.6 Å². The molecule has 0 aromatic heterocycles. The van der Waals surface area contributed by atoms with Crippen molar-refractivity contribution in [2.75, 3.05) is 31.1 Å². The minimum absolute atomic E-state index is 0.0850. The van der Waals surface area contributed by atoms with E-state index in [0.717, 1.165) is 16.8 Å². The van der Waals surface area contributed by atoms with Gasteiger partial charge in [-0.05, 0) is 63.1 Å². The number of nitro benzene ring substituents is 1. The molecular weight excluding hydrogens is 398 g/mol. The zero-order valence-corrected chi connectivity index (χ0v) is 18.4. The van der Waals surface area contributed by atoms with Gasteiger partial charge in [-0.1, -0.05) is 12.1 Å². The third kappa shape index (κ3) is 5.52. The average Bonchev–Trinajstić information content (AvgIpc) is 2.72. The third-order valence-corrected chi connectivity index (χ3v) is 5.17. The van der Waals surface area contributed by atoms with Crippen LogP contribution < -0.4 is 4.90 Å². The minimum atomic E-state index is -0.930. The summed E-state index contributed by atoms with van der Waals surface area (Å²) in [6.45, 7) is 9.71. The van der Waals surface area contributed by atoms with Gasteiger partial charge in [0.25, 0.3) is 5.69 Å². The normalized spacial score (nSPS) is 15.5. The molecule has 3 rings (SSSR count). The molecule has 0 aliphatic carbocycles. The van der Waals surface area contributed by atoms with E-state index in [1.54, 1.807) is 17.0 Å². The van der Waals surface area contributed by atoms with Crippen molar-refractivity contribution in [3.8, 4) is 11.1 Å². The van der Waals surface area contributed by atoms with Gasteiger partial charge < -0.3 is 19.6 Å². The van der Waals surface area contributed by atoms with E-state index in [4.69, 9.17) is 4.74 Å². The number of rotatable bonds is 4. The number of amides is 1. The number of ether oxygens (including phenoxy) is 1. The zero-order chi connectivity index (χ0) is 22.8. The van der Waals surface area contributed by atoms with Crippen molar-refractivity contribution in [1.82, 2.24) is 4.90 Å². The molecule has 1 unspecified atom stereocenters. The monoisotopic (exact) mass is 427 g/mol. The first-order chi connectivity index (χ1) is 14.5. The van der Waals surface area contributed by atoms with Crippen molar-refractivity contribution in [1.29, 1.82) is 0 Å². The Kier molecular flexibility index (Phi) is 6.50. The van der Waals surface area contributed by atoms with Crippen molar-refractivity contribution in [2.45, 2.75) is 39.4 Å². The lowest BCUT2D eigenvalue weighted by atomic mass is 9.99. The molecule has 1 aliphatic heterocycles. The smallest absolute Gasteiger partial charge is 0.410 e. The van der Waals surface area contributed by atoms with Gasteiger partial charge in [0.2, 0.25) is 0 Å². The van der Waals surface area contributed by atoms with Gasteiger partial charge in [-0.3, -0.25) is 10.1 Å². The van der Waals surface area contributed by atoms with Gasteiger partial charge >= 0.3 is 6.09 Å². The Hall–Kier alpha value is -3.13. The number of carbonyl (C=O) groups is 1. The van der Waals surface area contributed by atoms with Gasteiger partial charge in [-0.25, -0.2) is 4.79 Å².